The minimum absolute atomic E-state index is 0.0402. The number of ether oxygens (including phenoxy) is 1. The van der Waals surface area contributed by atoms with E-state index in [-0.39, 0.29) is 17.6 Å². The molecule has 2 unspecified atom stereocenters. The van der Waals surface area contributed by atoms with E-state index in [1.807, 2.05) is 0 Å². The molecule has 0 bridgehead atoms. The number of non-ortho nitro benzene ring substituents is 1. The number of carbonyl (C=O) groups excluding carboxylic acids is 1. The summed E-state index contributed by atoms with van der Waals surface area (Å²) in [5.74, 6) is -0.0637. The predicted octanol–water partition coefficient (Wildman–Crippen LogP) is 2.03. The normalized spacial score (nSPS) is 25.5. The average molecular weight is 290 g/mol. The van der Waals surface area contributed by atoms with Crippen molar-refractivity contribution < 1.29 is 14.5 Å². The standard InChI is InChI=1S/C15H18N2O4/c18-14(11-3-1-4-12(9-11)17(19)20)10-16-7-8-21-15-6-2-5-13(15)16/h1,3-4,9,13,15H,2,5-8,10H2. The summed E-state index contributed by atoms with van der Waals surface area (Å²) >= 11 is 0. The van der Waals surface area contributed by atoms with Crippen LogP contribution in [0.4, 0.5) is 5.69 Å². The fraction of sp³-hybridized carbons (Fsp3) is 0.533. The second-order valence-corrected chi connectivity index (χ2v) is 5.61. The molecular weight excluding hydrogens is 272 g/mol. The molecule has 6 heteroatoms. The van der Waals surface area contributed by atoms with Crippen molar-refractivity contribution in [1.29, 1.82) is 0 Å². The second-order valence-electron chi connectivity index (χ2n) is 5.61. The quantitative estimate of drug-likeness (QED) is 0.482. The number of nitro benzene ring substituents is 1. The summed E-state index contributed by atoms with van der Waals surface area (Å²) in [7, 11) is 0. The molecule has 1 heterocycles. The Morgan fingerprint density at radius 2 is 2.29 bits per heavy atom. The number of Topliss-reactive ketones (excluding diaryl/α,β-unsaturated/α-hetero) is 1. The number of hydrogen-bond acceptors (Lipinski definition) is 5. The summed E-state index contributed by atoms with van der Waals surface area (Å²) in [6.45, 7) is 1.72. The van der Waals surface area contributed by atoms with Crippen LogP contribution >= 0.6 is 0 Å². The second kappa shape index (κ2) is 5.91. The number of ketones is 1. The predicted molar refractivity (Wildman–Crippen MR) is 76.4 cm³/mol. The van der Waals surface area contributed by atoms with Crippen molar-refractivity contribution >= 4 is 11.5 Å². The van der Waals surface area contributed by atoms with Crippen LogP contribution in [0.1, 0.15) is 29.6 Å². The van der Waals surface area contributed by atoms with Gasteiger partial charge in [0.1, 0.15) is 0 Å². The van der Waals surface area contributed by atoms with Crippen LogP contribution in [-0.4, -0.2) is 47.4 Å². The van der Waals surface area contributed by atoms with Crippen LogP contribution < -0.4 is 0 Å². The molecule has 2 fully saturated rings. The highest BCUT2D eigenvalue weighted by Crippen LogP contribution is 2.29. The first-order chi connectivity index (χ1) is 10.1. The molecule has 1 aromatic carbocycles. The van der Waals surface area contributed by atoms with E-state index in [0.717, 1.165) is 25.8 Å². The summed E-state index contributed by atoms with van der Waals surface area (Å²) in [4.78, 5) is 24.8. The molecule has 6 nitrogen and oxygen atoms in total. The van der Waals surface area contributed by atoms with Crippen molar-refractivity contribution in [3.05, 3.63) is 39.9 Å². The molecule has 1 aliphatic heterocycles. The third-order valence-electron chi connectivity index (χ3n) is 4.32. The van der Waals surface area contributed by atoms with Gasteiger partial charge in [-0.2, -0.15) is 0 Å². The first kappa shape index (κ1) is 14.2. The Bertz CT molecular complexity index is 560. The van der Waals surface area contributed by atoms with Crippen LogP contribution in [0, 0.1) is 10.1 Å². The molecule has 1 saturated heterocycles. The molecular formula is C15H18N2O4. The van der Waals surface area contributed by atoms with Crippen LogP contribution in [0.5, 0.6) is 0 Å². The van der Waals surface area contributed by atoms with Crippen molar-refractivity contribution in [2.24, 2.45) is 0 Å². The summed E-state index contributed by atoms with van der Waals surface area (Å²) in [5.41, 5.74) is 0.367. The number of nitrogens with zero attached hydrogens (tertiary/aromatic N) is 2. The SMILES string of the molecule is O=C(CN1CCOC2CCCC21)c1cccc([N+](=O)[O-])c1. The topological polar surface area (TPSA) is 72.7 Å². The first-order valence-electron chi connectivity index (χ1n) is 7.28. The molecule has 1 aliphatic carbocycles. The first-order valence-corrected chi connectivity index (χ1v) is 7.28. The molecule has 2 atom stereocenters. The number of fused-ring (bicyclic) bond motifs is 1. The fourth-order valence-electron chi connectivity index (χ4n) is 3.27. The monoisotopic (exact) mass is 290 g/mol. The van der Waals surface area contributed by atoms with Gasteiger partial charge in [-0.15, -0.1) is 0 Å². The van der Waals surface area contributed by atoms with E-state index < -0.39 is 4.92 Å². The molecule has 0 radical (unpaired) electrons. The number of rotatable bonds is 4. The lowest BCUT2D eigenvalue weighted by Gasteiger charge is -2.37. The molecule has 112 valence electrons. The van der Waals surface area contributed by atoms with Gasteiger partial charge in [-0.05, 0) is 19.3 Å². The van der Waals surface area contributed by atoms with Crippen LogP contribution in [-0.2, 0) is 4.74 Å². The van der Waals surface area contributed by atoms with E-state index in [0.29, 0.717) is 24.8 Å². The third kappa shape index (κ3) is 2.96. The Kier molecular flexibility index (Phi) is 3.98. The Hall–Kier alpha value is -1.79. The zero-order valence-corrected chi connectivity index (χ0v) is 11.7. The van der Waals surface area contributed by atoms with Crippen molar-refractivity contribution in [2.45, 2.75) is 31.4 Å². The van der Waals surface area contributed by atoms with Gasteiger partial charge >= 0.3 is 0 Å². The van der Waals surface area contributed by atoms with Gasteiger partial charge in [-0.3, -0.25) is 19.8 Å². The molecule has 0 amide bonds. The summed E-state index contributed by atoms with van der Waals surface area (Å²) in [5, 5.41) is 10.8. The van der Waals surface area contributed by atoms with Gasteiger partial charge in [0.25, 0.3) is 5.69 Å². The van der Waals surface area contributed by atoms with E-state index in [1.165, 1.54) is 12.1 Å². The zero-order valence-electron chi connectivity index (χ0n) is 11.7. The van der Waals surface area contributed by atoms with Gasteiger partial charge in [0.05, 0.1) is 24.2 Å². The lowest BCUT2D eigenvalue weighted by molar-refractivity contribution is -0.384. The van der Waals surface area contributed by atoms with Crippen molar-refractivity contribution in [3.63, 3.8) is 0 Å². The number of nitro groups is 1. The largest absolute Gasteiger partial charge is 0.375 e. The molecule has 2 aliphatic rings. The number of morpholine rings is 1. The van der Waals surface area contributed by atoms with Gasteiger partial charge in [0.15, 0.2) is 5.78 Å². The zero-order chi connectivity index (χ0) is 14.8. The lowest BCUT2D eigenvalue weighted by atomic mass is 10.1. The molecule has 21 heavy (non-hydrogen) atoms. The van der Waals surface area contributed by atoms with E-state index in [4.69, 9.17) is 4.74 Å². The maximum atomic E-state index is 12.4. The van der Waals surface area contributed by atoms with E-state index in [1.54, 1.807) is 12.1 Å². The van der Waals surface area contributed by atoms with Gasteiger partial charge in [0.2, 0.25) is 0 Å². The molecule has 3 rings (SSSR count). The fourth-order valence-corrected chi connectivity index (χ4v) is 3.27. The maximum absolute atomic E-state index is 12.4. The minimum atomic E-state index is -0.474. The Labute approximate surface area is 122 Å². The summed E-state index contributed by atoms with van der Waals surface area (Å²) < 4.78 is 5.73. The highest BCUT2D eigenvalue weighted by atomic mass is 16.6. The minimum Gasteiger partial charge on any atom is -0.375 e. The van der Waals surface area contributed by atoms with E-state index in [2.05, 4.69) is 4.90 Å². The van der Waals surface area contributed by atoms with E-state index in [9.17, 15) is 14.9 Å². The van der Waals surface area contributed by atoms with Crippen LogP contribution in [0.3, 0.4) is 0 Å². The van der Waals surface area contributed by atoms with Gasteiger partial charge < -0.3 is 4.74 Å². The van der Waals surface area contributed by atoms with Crippen LogP contribution in [0.15, 0.2) is 24.3 Å². The van der Waals surface area contributed by atoms with E-state index >= 15 is 0 Å². The Morgan fingerprint density at radius 1 is 1.43 bits per heavy atom. The Morgan fingerprint density at radius 3 is 3.10 bits per heavy atom. The Balaban J connectivity index is 1.71. The molecule has 0 N–H and O–H groups in total. The van der Waals surface area contributed by atoms with Gasteiger partial charge in [0, 0.05) is 30.3 Å². The number of hydrogen-bond donors (Lipinski definition) is 0. The molecule has 0 aromatic heterocycles. The maximum Gasteiger partial charge on any atom is 0.270 e. The lowest BCUT2D eigenvalue weighted by Crippen LogP contribution is -2.50. The smallest absolute Gasteiger partial charge is 0.270 e. The highest BCUT2D eigenvalue weighted by molar-refractivity contribution is 5.98. The summed E-state index contributed by atoms with van der Waals surface area (Å²) in [6, 6.07) is 6.28. The number of carbonyl (C=O) groups is 1. The third-order valence-corrected chi connectivity index (χ3v) is 4.32. The van der Waals surface area contributed by atoms with Gasteiger partial charge in [-0.1, -0.05) is 12.1 Å². The summed E-state index contributed by atoms with van der Waals surface area (Å²) in [6.07, 6.45) is 3.51. The highest BCUT2D eigenvalue weighted by Gasteiger charge is 2.36. The average Bonchev–Trinajstić information content (AvgIpc) is 2.97. The molecule has 1 aromatic rings. The van der Waals surface area contributed by atoms with Crippen LogP contribution in [0.2, 0.25) is 0 Å². The van der Waals surface area contributed by atoms with Crippen LogP contribution in [0.25, 0.3) is 0 Å². The van der Waals surface area contributed by atoms with Crippen molar-refractivity contribution in [3.8, 4) is 0 Å². The number of benzene rings is 1. The van der Waals surface area contributed by atoms with Crippen molar-refractivity contribution in [1.82, 2.24) is 4.90 Å². The van der Waals surface area contributed by atoms with Gasteiger partial charge in [-0.25, -0.2) is 0 Å². The van der Waals surface area contributed by atoms with Crippen molar-refractivity contribution in [2.75, 3.05) is 19.7 Å². The molecule has 0 spiro atoms. The molecule has 1 saturated carbocycles.